The second kappa shape index (κ2) is 29.5. The fourth-order valence-electron chi connectivity index (χ4n) is 19.0. The van der Waals surface area contributed by atoms with E-state index in [1.165, 1.54) is 11.1 Å². The second-order valence-electron chi connectivity index (χ2n) is 34.8. The first-order valence-corrected chi connectivity index (χ1v) is 40.4. The van der Waals surface area contributed by atoms with E-state index >= 15 is 9.59 Å². The van der Waals surface area contributed by atoms with E-state index in [2.05, 4.69) is 384 Å². The molecule has 0 fully saturated rings. The summed E-state index contributed by atoms with van der Waals surface area (Å²) >= 11 is 0. The van der Waals surface area contributed by atoms with Gasteiger partial charge in [-0.2, -0.15) is 0 Å². The van der Waals surface area contributed by atoms with E-state index in [-0.39, 0.29) is 32.8 Å². The summed E-state index contributed by atoms with van der Waals surface area (Å²) in [4.78, 5) is 33.3. The van der Waals surface area contributed by atoms with Gasteiger partial charge in [-0.25, -0.2) is 9.59 Å². The Balaban J connectivity index is 0.988. The third-order valence-electron chi connectivity index (χ3n) is 23.1. The molecule has 17 aromatic carbocycles. The van der Waals surface area contributed by atoms with Crippen LogP contribution in [-0.2, 0) is 15.6 Å². The van der Waals surface area contributed by atoms with Crippen molar-refractivity contribution in [2.45, 2.75) is 92.9 Å². The van der Waals surface area contributed by atoms with Crippen molar-refractivity contribution in [1.29, 1.82) is 0 Å². The Morgan fingerprint density at radius 1 is 0.259 bits per heavy atom. The van der Waals surface area contributed by atoms with Crippen molar-refractivity contribution in [1.82, 2.24) is 0 Å². The van der Waals surface area contributed by atoms with E-state index in [0.29, 0.717) is 44.5 Å². The summed E-state index contributed by atoms with van der Waals surface area (Å²) in [6.45, 7) is 23.4. The lowest BCUT2D eigenvalue weighted by Crippen LogP contribution is -2.25. The first-order valence-electron chi connectivity index (χ1n) is 40.4. The van der Waals surface area contributed by atoms with Crippen LogP contribution >= 0.6 is 0 Å². The normalized spacial score (nSPS) is 12.6. The molecule has 0 spiro atoms. The third kappa shape index (κ3) is 13.7. The zero-order chi connectivity index (χ0) is 79.8. The number of anilines is 3. The maximum atomic E-state index is 15.4. The molecule has 116 heavy (non-hydrogen) atoms. The molecule has 18 rings (SSSR count). The van der Waals surface area contributed by atoms with E-state index in [4.69, 9.17) is 14.2 Å². The molecule has 17 aromatic rings. The Bertz CT molecular complexity index is 6210. The molecule has 0 aliphatic carbocycles. The van der Waals surface area contributed by atoms with Crippen molar-refractivity contribution in [3.63, 3.8) is 0 Å². The van der Waals surface area contributed by atoms with Crippen LogP contribution in [0, 0.1) is 10.8 Å². The summed E-state index contributed by atoms with van der Waals surface area (Å²) in [5.74, 6) is 0.273. The van der Waals surface area contributed by atoms with Gasteiger partial charge in [-0.1, -0.05) is 360 Å². The Morgan fingerprint density at radius 3 is 0.905 bits per heavy atom. The number of fused-ring (bicyclic) bond motifs is 2. The maximum absolute atomic E-state index is 15.4. The monoisotopic (exact) mass is 1510 g/mol. The second-order valence-corrected chi connectivity index (χ2v) is 34.8. The zero-order valence-electron chi connectivity index (χ0n) is 67.3. The van der Waals surface area contributed by atoms with Crippen molar-refractivity contribution in [2.75, 3.05) is 4.90 Å². The predicted octanol–water partition coefficient (Wildman–Crippen LogP) is 30.9. The summed E-state index contributed by atoms with van der Waals surface area (Å²) in [5.41, 5.74) is 21.2. The number of nitrogens with zero attached hydrogens (tertiary/aromatic N) is 1. The molecule has 0 amide bonds. The molecular weight excluding hydrogens is 1420 g/mol. The SMILES string of the molecule is CC(C)(C)CC(C)(C)c1ccc(N(c2ccc(C(C)(C)CC(C)(C)C)cc2)c2ccc3c4c(Oc5cc(-c6ccccc6)c(-c6ccccc6)c(-c6ccccc6)c5-c5ccccc5)cc5c6c(cc(Oc7cc(-c8ccccc8)c(-c8ccccc8)c(-c8ccccc8)c7-c7ccccc7)c(c7cccc2c73)c64)C(=O)OC5=O)cc1. The number of benzene rings is 17. The van der Waals surface area contributed by atoms with E-state index in [0.717, 1.165) is 140 Å². The molecule has 0 saturated heterocycles. The largest absolute Gasteiger partial charge is 0.456 e. The van der Waals surface area contributed by atoms with Gasteiger partial charge < -0.3 is 19.1 Å². The molecular formula is C110H91NO5. The summed E-state index contributed by atoms with van der Waals surface area (Å²) in [6, 6.07) is 122. The topological polar surface area (TPSA) is 65.1 Å². The average Bonchev–Trinajstić information content (AvgIpc) is 0.684. The van der Waals surface area contributed by atoms with Gasteiger partial charge in [-0.3, -0.25) is 0 Å². The van der Waals surface area contributed by atoms with E-state index in [1.807, 2.05) is 36.4 Å². The highest BCUT2D eigenvalue weighted by atomic mass is 16.6. The number of carbonyl (C=O) groups excluding carboxylic acids is 2. The minimum absolute atomic E-state index is 0.0958. The van der Waals surface area contributed by atoms with E-state index in [1.54, 1.807) is 0 Å². The molecule has 1 aliphatic heterocycles. The summed E-state index contributed by atoms with van der Waals surface area (Å²) < 4.78 is 22.3. The van der Waals surface area contributed by atoms with Crippen LogP contribution in [0.25, 0.3) is 132 Å². The van der Waals surface area contributed by atoms with Crippen molar-refractivity contribution < 1.29 is 23.8 Å². The number of carbonyl (C=O) groups is 2. The highest BCUT2D eigenvalue weighted by molar-refractivity contribution is 6.40. The number of cyclic esters (lactones) is 2. The quantitative estimate of drug-likeness (QED) is 0.0348. The highest BCUT2D eigenvalue weighted by Crippen LogP contribution is 2.59. The van der Waals surface area contributed by atoms with Gasteiger partial charge in [0.15, 0.2) is 0 Å². The third-order valence-corrected chi connectivity index (χ3v) is 23.1. The van der Waals surface area contributed by atoms with Crippen LogP contribution < -0.4 is 14.4 Å². The minimum Gasteiger partial charge on any atom is -0.456 e. The van der Waals surface area contributed by atoms with Crippen molar-refractivity contribution in [3.8, 4) is 112 Å². The fourth-order valence-corrected chi connectivity index (χ4v) is 19.0. The predicted molar refractivity (Wildman–Crippen MR) is 483 cm³/mol. The van der Waals surface area contributed by atoms with Crippen molar-refractivity contribution in [3.05, 3.63) is 368 Å². The van der Waals surface area contributed by atoms with Gasteiger partial charge in [-0.15, -0.1) is 0 Å². The Hall–Kier alpha value is -13.4. The molecule has 1 aliphatic rings. The van der Waals surface area contributed by atoms with Crippen LogP contribution in [0.2, 0.25) is 0 Å². The smallest absolute Gasteiger partial charge is 0.346 e. The Kier molecular flexibility index (Phi) is 18.8. The van der Waals surface area contributed by atoms with Crippen LogP contribution in [0.5, 0.6) is 23.0 Å². The Labute approximate surface area is 680 Å². The van der Waals surface area contributed by atoms with Crippen LogP contribution in [0.15, 0.2) is 346 Å². The number of ether oxygens (including phenoxy) is 3. The molecule has 6 nitrogen and oxygen atoms in total. The van der Waals surface area contributed by atoms with Crippen LogP contribution in [-0.4, -0.2) is 11.9 Å². The van der Waals surface area contributed by atoms with Gasteiger partial charge >= 0.3 is 11.9 Å². The molecule has 0 atom stereocenters. The summed E-state index contributed by atoms with van der Waals surface area (Å²) in [5, 5.41) is 5.97. The molecule has 0 aromatic heterocycles. The number of rotatable bonds is 19. The number of hydrogen-bond donors (Lipinski definition) is 0. The Morgan fingerprint density at radius 2 is 0.560 bits per heavy atom. The standard InChI is InChI=1S/C110H91NO5/c1-107(2,3)68-109(7,8)78-54-58-80(59-55-78)111(81-60-56-79(57-61-81)110(9,10)69-108(4,5)6)89-63-62-84-100-82(89)52-35-53-83(100)102-92(114-90-64-85(70-36-19-11-20-37-70)94(72-40-23-13-24-41-72)98(76-48-31-17-32-49-76)96(90)74-44-27-15-28-45-74)66-87-101-88(106(113)116-105(87)112)67-93(103(84)104(101)102)115-91-65-86(71-38-21-12-22-39-71)95(73-42-25-14-26-43-73)99(77-50-33-18-34-51-77)97(91)75-46-29-16-30-47-75/h11-67H,68-69H2,1-10H3. The van der Waals surface area contributed by atoms with Gasteiger partial charge in [0.05, 0.1) is 16.8 Å². The van der Waals surface area contributed by atoms with Gasteiger partial charge in [0.2, 0.25) is 0 Å². The first-order chi connectivity index (χ1) is 56.1. The molecule has 0 N–H and O–H groups in total. The van der Waals surface area contributed by atoms with Gasteiger partial charge in [-0.05, 0) is 183 Å². The fraction of sp³-hybridized carbons (Fsp3) is 0.145. The molecule has 0 bridgehead atoms. The molecule has 6 heteroatoms. The molecule has 566 valence electrons. The van der Waals surface area contributed by atoms with Gasteiger partial charge in [0.25, 0.3) is 0 Å². The maximum Gasteiger partial charge on any atom is 0.346 e. The van der Waals surface area contributed by atoms with Crippen LogP contribution in [0.4, 0.5) is 17.1 Å². The average molecular weight is 1510 g/mol. The van der Waals surface area contributed by atoms with Crippen LogP contribution in [0.1, 0.15) is 114 Å². The molecule has 0 saturated carbocycles. The lowest BCUT2D eigenvalue weighted by molar-refractivity contribution is 0.0390. The lowest BCUT2D eigenvalue weighted by atomic mass is 9.72. The zero-order valence-corrected chi connectivity index (χ0v) is 67.3. The minimum atomic E-state index is -0.783. The molecule has 0 unspecified atom stereocenters. The van der Waals surface area contributed by atoms with E-state index in [9.17, 15) is 0 Å². The molecule has 0 radical (unpaired) electrons. The summed E-state index contributed by atoms with van der Waals surface area (Å²) in [6.07, 6.45) is 2.00. The van der Waals surface area contributed by atoms with Crippen molar-refractivity contribution in [2.24, 2.45) is 10.8 Å². The first kappa shape index (κ1) is 74.0. The highest BCUT2D eigenvalue weighted by Gasteiger charge is 2.38. The lowest BCUT2D eigenvalue weighted by Gasteiger charge is -2.34. The number of esters is 2. The van der Waals surface area contributed by atoms with Gasteiger partial charge in [0.1, 0.15) is 23.0 Å². The molecule has 1 heterocycles. The van der Waals surface area contributed by atoms with E-state index < -0.39 is 11.9 Å². The number of hydrogen-bond acceptors (Lipinski definition) is 6. The van der Waals surface area contributed by atoms with Gasteiger partial charge in [0, 0.05) is 60.6 Å². The summed E-state index contributed by atoms with van der Waals surface area (Å²) in [7, 11) is 0. The van der Waals surface area contributed by atoms with Crippen LogP contribution in [0.3, 0.4) is 0 Å². The van der Waals surface area contributed by atoms with Crippen molar-refractivity contribution >= 4 is 72.1 Å².